The topological polar surface area (TPSA) is 82.1 Å². The van der Waals surface area contributed by atoms with Crippen LogP contribution in [-0.4, -0.2) is 49.0 Å². The first-order chi connectivity index (χ1) is 11.1. The van der Waals surface area contributed by atoms with Crippen LogP contribution in [0, 0.1) is 5.92 Å². The molecular weight excluding hydrogens is 302 g/mol. The molecule has 0 aliphatic carbocycles. The van der Waals surface area contributed by atoms with E-state index in [4.69, 9.17) is 14.2 Å². The molecule has 2 bridgehead atoms. The number of Topliss-reactive ketones (excluding diaryl/α,β-unsaturated/α-hetero) is 1. The number of fused-ring (bicyclic) bond motifs is 4. The number of methoxy groups -OCH3 is 1. The second-order valence-electron chi connectivity index (χ2n) is 5.78. The van der Waals surface area contributed by atoms with E-state index >= 15 is 0 Å². The second kappa shape index (κ2) is 4.87. The van der Waals surface area contributed by atoms with Crippen LogP contribution in [0.3, 0.4) is 0 Å². The maximum absolute atomic E-state index is 12.8. The van der Waals surface area contributed by atoms with Crippen molar-refractivity contribution in [3.63, 3.8) is 0 Å². The maximum atomic E-state index is 12.8. The van der Waals surface area contributed by atoms with Gasteiger partial charge in [0.2, 0.25) is 11.7 Å². The molecule has 0 N–H and O–H groups in total. The van der Waals surface area contributed by atoms with Gasteiger partial charge in [-0.3, -0.25) is 9.59 Å². The van der Waals surface area contributed by atoms with Gasteiger partial charge in [0.05, 0.1) is 6.54 Å². The van der Waals surface area contributed by atoms with Crippen LogP contribution in [0.4, 0.5) is 4.79 Å². The monoisotopic (exact) mass is 317 g/mol. The summed E-state index contributed by atoms with van der Waals surface area (Å²) in [4.78, 5) is 38.1. The number of carbonyl (C=O) groups is 3. The minimum atomic E-state index is -1.34. The minimum absolute atomic E-state index is 0.160. The third-order valence-corrected chi connectivity index (χ3v) is 4.71. The average molecular weight is 317 g/mol. The van der Waals surface area contributed by atoms with Gasteiger partial charge in [0.25, 0.3) is 0 Å². The molecule has 2 amide bonds. The molecular formula is C16H15NO6. The summed E-state index contributed by atoms with van der Waals surface area (Å²) in [6.07, 6.45) is -1.22. The van der Waals surface area contributed by atoms with Crippen molar-refractivity contribution in [3.05, 3.63) is 35.4 Å². The van der Waals surface area contributed by atoms with Crippen LogP contribution in [0.1, 0.15) is 22.3 Å². The number of carbonyl (C=O) groups excluding carboxylic acids is 3. The molecule has 23 heavy (non-hydrogen) atoms. The lowest BCUT2D eigenvalue weighted by atomic mass is 9.89. The van der Waals surface area contributed by atoms with Gasteiger partial charge in [-0.15, -0.1) is 0 Å². The normalized spacial score (nSPS) is 32.0. The number of ether oxygens (including phenoxy) is 3. The maximum Gasteiger partial charge on any atom is 0.416 e. The summed E-state index contributed by atoms with van der Waals surface area (Å²) in [5.41, 5.74) is 1.04. The number of benzene rings is 1. The highest BCUT2D eigenvalue weighted by atomic mass is 16.7. The average Bonchev–Trinajstić information content (AvgIpc) is 3.15. The lowest BCUT2D eigenvalue weighted by Crippen LogP contribution is -2.47. The smallest absolute Gasteiger partial charge is 0.416 e. The van der Waals surface area contributed by atoms with Crippen molar-refractivity contribution in [1.29, 1.82) is 0 Å². The third kappa shape index (κ3) is 1.80. The Labute approximate surface area is 132 Å². The van der Waals surface area contributed by atoms with E-state index in [1.165, 1.54) is 7.11 Å². The molecule has 0 aromatic heterocycles. The number of imide groups is 1. The van der Waals surface area contributed by atoms with Gasteiger partial charge in [-0.25, -0.2) is 9.69 Å². The number of cyclic esters (lactones) is 1. The Morgan fingerprint density at radius 2 is 2.13 bits per heavy atom. The number of nitrogens with zero attached hydrogens (tertiary/aromatic N) is 1. The van der Waals surface area contributed by atoms with Gasteiger partial charge in [-0.2, -0.15) is 0 Å². The summed E-state index contributed by atoms with van der Waals surface area (Å²) < 4.78 is 16.3. The first kappa shape index (κ1) is 14.3. The molecule has 4 rings (SSSR count). The molecule has 2 fully saturated rings. The molecule has 3 aliphatic rings. The van der Waals surface area contributed by atoms with Crippen LogP contribution < -0.4 is 0 Å². The van der Waals surface area contributed by atoms with Gasteiger partial charge >= 0.3 is 6.09 Å². The molecule has 2 saturated heterocycles. The highest BCUT2D eigenvalue weighted by molar-refractivity contribution is 6.04. The summed E-state index contributed by atoms with van der Waals surface area (Å²) in [6, 6.07) is 6.96. The van der Waals surface area contributed by atoms with E-state index in [2.05, 4.69) is 0 Å². The lowest BCUT2D eigenvalue weighted by Gasteiger charge is -2.36. The van der Waals surface area contributed by atoms with Crippen molar-refractivity contribution in [2.45, 2.75) is 18.3 Å². The SMILES string of the molecule is CO[C@]12O[C@H](C[C@H]1C(=O)N1CCOC1=O)C(=O)c1ccccc12. The van der Waals surface area contributed by atoms with Crippen LogP contribution in [0.5, 0.6) is 0 Å². The van der Waals surface area contributed by atoms with Crippen LogP contribution in [0.25, 0.3) is 0 Å². The molecule has 3 atom stereocenters. The summed E-state index contributed by atoms with van der Waals surface area (Å²) in [7, 11) is 1.44. The molecule has 3 aliphatic heterocycles. The predicted octanol–water partition coefficient (Wildman–Crippen LogP) is 1.07. The Hall–Kier alpha value is -2.25. The van der Waals surface area contributed by atoms with Gasteiger partial charge in [0.1, 0.15) is 18.6 Å². The fourth-order valence-electron chi connectivity index (χ4n) is 3.64. The Morgan fingerprint density at radius 3 is 2.83 bits per heavy atom. The number of rotatable bonds is 2. The van der Waals surface area contributed by atoms with Gasteiger partial charge in [-0.1, -0.05) is 24.3 Å². The molecule has 0 unspecified atom stereocenters. The Bertz CT molecular complexity index is 716. The zero-order chi connectivity index (χ0) is 16.2. The van der Waals surface area contributed by atoms with Crippen LogP contribution >= 0.6 is 0 Å². The zero-order valence-corrected chi connectivity index (χ0v) is 12.5. The summed E-state index contributed by atoms with van der Waals surface area (Å²) in [5.74, 6) is -2.69. The number of hydrogen-bond donors (Lipinski definition) is 0. The molecule has 0 saturated carbocycles. The number of hydrogen-bond acceptors (Lipinski definition) is 6. The van der Waals surface area contributed by atoms with Crippen molar-refractivity contribution in [2.24, 2.45) is 5.92 Å². The van der Waals surface area contributed by atoms with Gasteiger partial charge in [-0.05, 0) is 6.42 Å². The van der Waals surface area contributed by atoms with Crippen molar-refractivity contribution in [2.75, 3.05) is 20.3 Å². The Kier molecular flexibility index (Phi) is 3.04. The largest absolute Gasteiger partial charge is 0.447 e. The first-order valence-corrected chi connectivity index (χ1v) is 7.43. The second-order valence-corrected chi connectivity index (χ2v) is 5.78. The van der Waals surface area contributed by atoms with E-state index in [0.29, 0.717) is 11.1 Å². The van der Waals surface area contributed by atoms with Crippen LogP contribution in [0.2, 0.25) is 0 Å². The minimum Gasteiger partial charge on any atom is -0.447 e. The molecule has 1 aromatic carbocycles. The van der Waals surface area contributed by atoms with E-state index < -0.39 is 29.8 Å². The van der Waals surface area contributed by atoms with Crippen LogP contribution in [0.15, 0.2) is 24.3 Å². The van der Waals surface area contributed by atoms with Crippen molar-refractivity contribution in [3.8, 4) is 0 Å². The summed E-state index contributed by atoms with van der Waals surface area (Å²) in [5, 5.41) is 0. The van der Waals surface area contributed by atoms with E-state index in [1.54, 1.807) is 24.3 Å². The Morgan fingerprint density at radius 1 is 1.35 bits per heavy atom. The van der Waals surface area contributed by atoms with Crippen molar-refractivity contribution < 1.29 is 28.6 Å². The molecule has 120 valence electrons. The number of ketones is 1. The fourth-order valence-corrected chi connectivity index (χ4v) is 3.64. The summed E-state index contributed by atoms with van der Waals surface area (Å²) in [6.45, 7) is 0.380. The Balaban J connectivity index is 1.80. The third-order valence-electron chi connectivity index (χ3n) is 4.71. The molecule has 1 aromatic rings. The first-order valence-electron chi connectivity index (χ1n) is 7.43. The van der Waals surface area contributed by atoms with E-state index in [-0.39, 0.29) is 25.4 Å². The molecule has 7 nitrogen and oxygen atoms in total. The quantitative estimate of drug-likeness (QED) is 0.811. The molecule has 0 radical (unpaired) electrons. The van der Waals surface area contributed by atoms with Crippen molar-refractivity contribution in [1.82, 2.24) is 4.90 Å². The van der Waals surface area contributed by atoms with Gasteiger partial charge in [0, 0.05) is 18.2 Å². The molecule has 3 heterocycles. The standard InChI is InChI=1S/C16H15NO6/c1-21-16-10-5-3-2-4-9(10)13(18)12(23-16)8-11(16)14(19)17-6-7-22-15(17)20/h2-5,11-12H,6-8H2,1H3/t11-,12+,16+/m0/s1. The highest BCUT2D eigenvalue weighted by Crippen LogP contribution is 2.51. The van der Waals surface area contributed by atoms with Crippen molar-refractivity contribution >= 4 is 17.8 Å². The highest BCUT2D eigenvalue weighted by Gasteiger charge is 2.61. The fraction of sp³-hybridized carbons (Fsp3) is 0.438. The van der Waals surface area contributed by atoms with E-state index in [9.17, 15) is 14.4 Å². The molecule has 0 spiro atoms. The van der Waals surface area contributed by atoms with Gasteiger partial charge in [0.15, 0.2) is 5.78 Å². The van der Waals surface area contributed by atoms with E-state index in [1.807, 2.05) is 0 Å². The lowest BCUT2D eigenvalue weighted by molar-refractivity contribution is -0.237. The summed E-state index contributed by atoms with van der Waals surface area (Å²) >= 11 is 0. The molecule has 7 heteroatoms. The van der Waals surface area contributed by atoms with E-state index in [0.717, 1.165) is 4.90 Å². The predicted molar refractivity (Wildman–Crippen MR) is 75.5 cm³/mol. The van der Waals surface area contributed by atoms with Gasteiger partial charge < -0.3 is 14.2 Å². The number of amides is 2. The zero-order valence-electron chi connectivity index (χ0n) is 12.5. The van der Waals surface area contributed by atoms with Crippen LogP contribution in [-0.2, 0) is 24.8 Å².